The average molecular weight is 325 g/mol. The van der Waals surface area contributed by atoms with Crippen LogP contribution in [0.4, 0.5) is 0 Å². The molecule has 0 N–H and O–H groups in total. The quantitative estimate of drug-likeness (QED) is 0.443. The predicted octanol–water partition coefficient (Wildman–Crippen LogP) is -3.04. The van der Waals surface area contributed by atoms with Gasteiger partial charge in [0.25, 0.3) is 0 Å². The molecule has 0 aromatic carbocycles. The van der Waals surface area contributed by atoms with Gasteiger partial charge in [-0.3, -0.25) is 0 Å². The third-order valence-electron chi connectivity index (χ3n) is 0. The SMILES string of the molecule is O=P([O-])([O-])[O-].[PH4+].[Pt+2]. The van der Waals surface area contributed by atoms with Crippen molar-refractivity contribution >= 4 is 17.7 Å². The first kappa shape index (κ1) is 15.7. The Labute approximate surface area is 58.4 Å². The van der Waals surface area contributed by atoms with Gasteiger partial charge in [-0.15, -0.1) is 0 Å². The molecule has 48 valence electrons. The topological polar surface area (TPSA) is 86.2 Å². The van der Waals surface area contributed by atoms with Crippen LogP contribution < -0.4 is 14.7 Å². The Bertz CT molecular complexity index is 55.8. The summed E-state index contributed by atoms with van der Waals surface area (Å²) in [5.41, 5.74) is 0. The van der Waals surface area contributed by atoms with Crippen LogP contribution in [-0.2, 0) is 25.6 Å². The summed E-state index contributed by atoms with van der Waals surface area (Å²) in [7, 11) is -5.39. The molecule has 0 amide bonds. The fraction of sp³-hybridized carbons (Fsp3) is 0. The second-order valence-electron chi connectivity index (χ2n) is 0.447. The van der Waals surface area contributed by atoms with E-state index in [1.54, 1.807) is 0 Å². The van der Waals surface area contributed by atoms with Crippen molar-refractivity contribution in [2.24, 2.45) is 0 Å². The first-order valence-corrected chi connectivity index (χ1v) is 2.19. The number of hydrogen-bond donors (Lipinski definition) is 0. The van der Waals surface area contributed by atoms with E-state index in [-0.39, 0.29) is 31.0 Å². The molecule has 0 radical (unpaired) electrons. The van der Waals surface area contributed by atoms with Gasteiger partial charge in [0.2, 0.25) is 0 Å². The van der Waals surface area contributed by atoms with E-state index in [9.17, 15) is 0 Å². The summed E-state index contributed by atoms with van der Waals surface area (Å²) >= 11 is 0. The molecule has 0 aliphatic rings. The first-order valence-electron chi connectivity index (χ1n) is 0.730. The van der Waals surface area contributed by atoms with E-state index < -0.39 is 7.82 Å². The molecule has 0 saturated carbocycles. The minimum atomic E-state index is -5.39. The molecule has 0 aromatic heterocycles. The number of phosphoric acid groups is 1. The van der Waals surface area contributed by atoms with Gasteiger partial charge in [-0.1, -0.05) is 0 Å². The van der Waals surface area contributed by atoms with Crippen LogP contribution in [0.1, 0.15) is 0 Å². The first-order chi connectivity index (χ1) is 2.00. The smallest absolute Gasteiger partial charge is 0.822 e. The van der Waals surface area contributed by atoms with E-state index in [0.717, 1.165) is 0 Å². The van der Waals surface area contributed by atoms with E-state index >= 15 is 0 Å². The fourth-order valence-corrected chi connectivity index (χ4v) is 0. The van der Waals surface area contributed by atoms with Crippen LogP contribution in [0.2, 0.25) is 0 Å². The largest absolute Gasteiger partial charge is 2.00 e. The fourth-order valence-electron chi connectivity index (χ4n) is 0. The zero-order chi connectivity index (χ0) is 4.50. The molecule has 0 aromatic rings. The summed E-state index contributed by atoms with van der Waals surface area (Å²) in [5.74, 6) is 0. The van der Waals surface area contributed by atoms with Crippen LogP contribution >= 0.6 is 17.7 Å². The van der Waals surface area contributed by atoms with E-state index in [0.29, 0.717) is 0 Å². The van der Waals surface area contributed by atoms with Crippen molar-refractivity contribution < 1.29 is 40.3 Å². The maximum Gasteiger partial charge on any atom is 2.00 e. The van der Waals surface area contributed by atoms with Gasteiger partial charge in [-0.2, -0.15) is 7.82 Å². The molecule has 0 aliphatic carbocycles. The molecule has 0 aliphatic heterocycles. The van der Waals surface area contributed by atoms with Crippen molar-refractivity contribution in [2.45, 2.75) is 0 Å². The molecule has 0 saturated heterocycles. The van der Waals surface area contributed by atoms with Crippen LogP contribution in [0.5, 0.6) is 0 Å². The molecule has 7 heavy (non-hydrogen) atoms. The standard InChI is InChI=1S/H3O4P.H3P.Pt/c1-5(2,3)4;;/h(H3,1,2,3,4);1H3;/q;;+2/p-2. The van der Waals surface area contributed by atoms with Crippen molar-refractivity contribution in [1.82, 2.24) is 0 Å². The second-order valence-corrected chi connectivity index (χ2v) is 1.34. The normalized spacial score (nSPS) is 8.43. The van der Waals surface area contributed by atoms with Gasteiger partial charge in [0.05, 0.1) is 0 Å². The van der Waals surface area contributed by atoms with Crippen LogP contribution in [0.15, 0.2) is 0 Å². The molecular weight excluding hydrogens is 321 g/mol. The third kappa shape index (κ3) is 131. The summed E-state index contributed by atoms with van der Waals surface area (Å²) in [6, 6.07) is 0. The zero-order valence-electron chi connectivity index (χ0n) is 3.40. The zero-order valence-corrected chi connectivity index (χ0v) is 8.56. The van der Waals surface area contributed by atoms with Gasteiger partial charge in [0, 0.05) is 0 Å². The van der Waals surface area contributed by atoms with Crippen LogP contribution in [0.3, 0.4) is 0 Å². The minimum Gasteiger partial charge on any atom is -0.822 e. The minimum absolute atomic E-state index is 0. The molecule has 0 fully saturated rings. The summed E-state index contributed by atoms with van der Waals surface area (Å²) in [6.45, 7) is 0. The van der Waals surface area contributed by atoms with Gasteiger partial charge in [0.15, 0.2) is 0 Å². The molecule has 4 nitrogen and oxygen atoms in total. The van der Waals surface area contributed by atoms with Gasteiger partial charge >= 0.3 is 21.1 Å². The van der Waals surface area contributed by atoms with Crippen molar-refractivity contribution in [3.8, 4) is 0 Å². The Balaban J connectivity index is -0.0000000800. The van der Waals surface area contributed by atoms with E-state index in [4.69, 9.17) is 19.2 Å². The summed E-state index contributed by atoms with van der Waals surface area (Å²) in [6.07, 6.45) is 0. The van der Waals surface area contributed by atoms with E-state index in [2.05, 4.69) is 0 Å². The third-order valence-corrected chi connectivity index (χ3v) is 0. The Morgan fingerprint density at radius 2 is 1.14 bits per heavy atom. The molecule has 0 heterocycles. The maximum atomic E-state index is 8.55. The van der Waals surface area contributed by atoms with Gasteiger partial charge in [0.1, 0.15) is 0 Å². The Morgan fingerprint density at radius 1 is 1.14 bits per heavy atom. The van der Waals surface area contributed by atoms with E-state index in [1.165, 1.54) is 0 Å². The maximum absolute atomic E-state index is 8.55. The molecule has 0 rings (SSSR count). The van der Waals surface area contributed by atoms with E-state index in [1.807, 2.05) is 0 Å². The van der Waals surface area contributed by atoms with Crippen molar-refractivity contribution in [3.63, 3.8) is 0 Å². The predicted molar refractivity (Wildman–Crippen MR) is 20.1 cm³/mol. The summed E-state index contributed by atoms with van der Waals surface area (Å²) in [4.78, 5) is 25.6. The number of rotatable bonds is 0. The van der Waals surface area contributed by atoms with Crippen LogP contribution in [-0.4, -0.2) is 0 Å². The summed E-state index contributed by atoms with van der Waals surface area (Å²) in [5, 5.41) is 0. The Kier molecular flexibility index (Phi) is 12.1. The second kappa shape index (κ2) is 5.37. The Hall–Kier alpha value is 1.23. The molecular formula is H4O4P2Pt. The van der Waals surface area contributed by atoms with Gasteiger partial charge in [-0.05, 0) is 9.90 Å². The van der Waals surface area contributed by atoms with Crippen molar-refractivity contribution in [1.29, 1.82) is 0 Å². The average Bonchev–Trinajstić information content (AvgIpc) is 0.722. The van der Waals surface area contributed by atoms with Crippen LogP contribution in [0.25, 0.3) is 0 Å². The number of hydrogen-bond acceptors (Lipinski definition) is 4. The molecule has 1 atom stereocenters. The van der Waals surface area contributed by atoms with Crippen molar-refractivity contribution in [2.75, 3.05) is 0 Å². The van der Waals surface area contributed by atoms with Crippen LogP contribution in [0, 0.1) is 0 Å². The van der Waals surface area contributed by atoms with Gasteiger partial charge < -0.3 is 19.2 Å². The Morgan fingerprint density at radius 3 is 1.14 bits per heavy atom. The molecule has 0 spiro atoms. The molecule has 7 heteroatoms. The van der Waals surface area contributed by atoms with Gasteiger partial charge in [-0.25, -0.2) is 0 Å². The molecule has 0 bridgehead atoms. The van der Waals surface area contributed by atoms with Crippen molar-refractivity contribution in [3.05, 3.63) is 0 Å². The monoisotopic (exact) mass is 325 g/mol. The summed E-state index contributed by atoms with van der Waals surface area (Å²) < 4.78 is 8.55. The molecule has 1 unspecified atom stereocenters.